The number of aliphatic carboxylic acids is 1. The molecule has 0 spiro atoms. The van der Waals surface area contributed by atoms with E-state index in [-0.39, 0.29) is 17.6 Å². The fourth-order valence-electron chi connectivity index (χ4n) is 2.56. The van der Waals surface area contributed by atoms with Crippen molar-refractivity contribution in [3.8, 4) is 0 Å². The summed E-state index contributed by atoms with van der Waals surface area (Å²) >= 11 is 0. The first-order chi connectivity index (χ1) is 9.43. The molecule has 1 aliphatic carbocycles. The normalized spacial score (nSPS) is 26.0. The second-order valence-electron chi connectivity index (χ2n) is 5.54. The maximum absolute atomic E-state index is 12.1. The van der Waals surface area contributed by atoms with Crippen molar-refractivity contribution in [2.24, 2.45) is 5.41 Å². The number of rotatable bonds is 3. The van der Waals surface area contributed by atoms with Gasteiger partial charge in [0.2, 0.25) is 0 Å². The van der Waals surface area contributed by atoms with Gasteiger partial charge >= 0.3 is 5.97 Å². The third kappa shape index (κ3) is 2.79. The topological polar surface area (TPSA) is 92.2 Å². The van der Waals surface area contributed by atoms with Crippen LogP contribution in [-0.4, -0.2) is 33.0 Å². The second kappa shape index (κ2) is 5.56. The number of amides is 1. The van der Waals surface area contributed by atoms with Crippen molar-refractivity contribution in [2.75, 3.05) is 0 Å². The molecule has 1 aromatic heterocycles. The molecule has 1 fully saturated rings. The van der Waals surface area contributed by atoms with Gasteiger partial charge in [-0.1, -0.05) is 12.8 Å². The Bertz CT molecular complexity index is 515. The lowest BCUT2D eigenvalue weighted by Crippen LogP contribution is -2.52. The number of aromatic nitrogens is 2. The third-order valence-corrected chi connectivity index (χ3v) is 4.02. The van der Waals surface area contributed by atoms with Gasteiger partial charge < -0.3 is 10.4 Å². The molecule has 1 aromatic rings. The maximum atomic E-state index is 12.1. The molecule has 2 rings (SSSR count). The van der Waals surface area contributed by atoms with Crippen LogP contribution in [0.4, 0.5) is 0 Å². The number of carbonyl (C=O) groups excluding carboxylic acids is 1. The van der Waals surface area contributed by atoms with E-state index in [1.807, 2.05) is 0 Å². The van der Waals surface area contributed by atoms with Gasteiger partial charge in [-0.3, -0.25) is 14.6 Å². The van der Waals surface area contributed by atoms with E-state index in [2.05, 4.69) is 15.3 Å². The Morgan fingerprint density at radius 2 is 2.10 bits per heavy atom. The van der Waals surface area contributed by atoms with Crippen LogP contribution in [0.25, 0.3) is 0 Å². The predicted molar refractivity (Wildman–Crippen MR) is 72.2 cm³/mol. The van der Waals surface area contributed by atoms with Crippen LogP contribution in [0.5, 0.6) is 0 Å². The third-order valence-electron chi connectivity index (χ3n) is 4.02. The molecule has 1 heterocycles. The molecule has 0 aromatic carbocycles. The van der Waals surface area contributed by atoms with Gasteiger partial charge in [0.1, 0.15) is 5.69 Å². The van der Waals surface area contributed by atoms with Crippen LogP contribution < -0.4 is 5.32 Å². The van der Waals surface area contributed by atoms with Gasteiger partial charge in [0.25, 0.3) is 5.91 Å². The number of carboxylic acid groups (broad SMARTS) is 1. The Morgan fingerprint density at radius 3 is 2.70 bits per heavy atom. The van der Waals surface area contributed by atoms with Gasteiger partial charge in [0, 0.05) is 12.2 Å². The Morgan fingerprint density at radius 1 is 1.35 bits per heavy atom. The minimum atomic E-state index is -0.911. The molecular weight excluding hydrogens is 258 g/mol. The van der Waals surface area contributed by atoms with Crippen LogP contribution in [0.15, 0.2) is 12.4 Å². The molecule has 2 unspecified atom stereocenters. The van der Waals surface area contributed by atoms with E-state index in [4.69, 9.17) is 0 Å². The average Bonchev–Trinajstić information content (AvgIpc) is 2.42. The van der Waals surface area contributed by atoms with Crippen LogP contribution in [0.2, 0.25) is 0 Å². The number of carboxylic acids is 1. The van der Waals surface area contributed by atoms with Crippen LogP contribution in [-0.2, 0) is 4.79 Å². The van der Waals surface area contributed by atoms with Crippen LogP contribution >= 0.6 is 0 Å². The maximum Gasteiger partial charge on any atom is 0.311 e. The summed E-state index contributed by atoms with van der Waals surface area (Å²) in [6.07, 6.45) is 5.98. The summed E-state index contributed by atoms with van der Waals surface area (Å²) in [5, 5.41) is 12.2. The van der Waals surface area contributed by atoms with E-state index in [0.717, 1.165) is 18.5 Å². The predicted octanol–water partition coefficient (Wildman–Crippen LogP) is 1.55. The molecule has 1 amide bonds. The lowest BCUT2D eigenvalue weighted by atomic mass is 9.71. The van der Waals surface area contributed by atoms with E-state index < -0.39 is 11.4 Å². The Labute approximate surface area is 117 Å². The monoisotopic (exact) mass is 277 g/mol. The summed E-state index contributed by atoms with van der Waals surface area (Å²) in [5.41, 5.74) is 0.0370. The molecule has 2 N–H and O–H groups in total. The zero-order valence-electron chi connectivity index (χ0n) is 11.7. The van der Waals surface area contributed by atoms with E-state index in [1.165, 1.54) is 12.4 Å². The molecule has 0 saturated heterocycles. The number of hydrogen-bond acceptors (Lipinski definition) is 4. The first kappa shape index (κ1) is 14.4. The standard InChI is InChI=1S/C14H19N3O3/c1-9-7-16-10(8-15-9)12(18)17-11-5-3-4-6-14(11,2)13(19)20/h7-8,11H,3-6H2,1-2H3,(H,17,18)(H,19,20). The fourth-order valence-corrected chi connectivity index (χ4v) is 2.56. The minimum absolute atomic E-state index is 0.217. The molecule has 1 aliphatic rings. The highest BCUT2D eigenvalue weighted by Gasteiger charge is 2.44. The number of nitrogens with zero attached hydrogens (tertiary/aromatic N) is 2. The summed E-state index contributed by atoms with van der Waals surface area (Å²) in [4.78, 5) is 31.6. The van der Waals surface area contributed by atoms with E-state index in [1.54, 1.807) is 13.8 Å². The fraction of sp³-hybridized carbons (Fsp3) is 0.571. The molecule has 1 saturated carbocycles. The van der Waals surface area contributed by atoms with E-state index >= 15 is 0 Å². The van der Waals surface area contributed by atoms with Gasteiger partial charge in [-0.05, 0) is 26.7 Å². The van der Waals surface area contributed by atoms with Crippen LogP contribution in [0.3, 0.4) is 0 Å². The van der Waals surface area contributed by atoms with Crippen molar-refractivity contribution >= 4 is 11.9 Å². The second-order valence-corrected chi connectivity index (χ2v) is 5.54. The van der Waals surface area contributed by atoms with Crippen molar-refractivity contribution in [2.45, 2.75) is 45.6 Å². The zero-order valence-corrected chi connectivity index (χ0v) is 11.7. The summed E-state index contributed by atoms with van der Waals surface area (Å²) in [6, 6.07) is -0.371. The van der Waals surface area contributed by atoms with Gasteiger partial charge in [-0.25, -0.2) is 4.98 Å². The molecule has 108 valence electrons. The van der Waals surface area contributed by atoms with E-state index in [9.17, 15) is 14.7 Å². The molecule has 6 heteroatoms. The smallest absolute Gasteiger partial charge is 0.311 e. The number of hydrogen-bond donors (Lipinski definition) is 2. The molecule has 0 bridgehead atoms. The van der Waals surface area contributed by atoms with Crippen molar-refractivity contribution < 1.29 is 14.7 Å². The summed E-state index contributed by atoms with van der Waals surface area (Å²) in [6.45, 7) is 3.48. The lowest BCUT2D eigenvalue weighted by molar-refractivity contribution is -0.151. The van der Waals surface area contributed by atoms with Gasteiger partial charge in [0.05, 0.1) is 17.3 Å². The average molecular weight is 277 g/mol. The molecule has 0 radical (unpaired) electrons. The number of carbonyl (C=O) groups is 2. The van der Waals surface area contributed by atoms with Gasteiger partial charge in [-0.15, -0.1) is 0 Å². The highest BCUT2D eigenvalue weighted by molar-refractivity contribution is 5.92. The minimum Gasteiger partial charge on any atom is -0.481 e. The molecule has 2 atom stereocenters. The molecule has 6 nitrogen and oxygen atoms in total. The highest BCUT2D eigenvalue weighted by atomic mass is 16.4. The summed E-state index contributed by atoms with van der Waals surface area (Å²) < 4.78 is 0. The SMILES string of the molecule is Cc1cnc(C(=O)NC2CCCCC2(C)C(=O)O)cn1. The zero-order chi connectivity index (χ0) is 14.8. The number of nitrogens with one attached hydrogen (secondary N) is 1. The molecule has 0 aliphatic heterocycles. The molecule has 20 heavy (non-hydrogen) atoms. The Balaban J connectivity index is 2.13. The molecular formula is C14H19N3O3. The van der Waals surface area contributed by atoms with Crippen LogP contribution in [0, 0.1) is 12.3 Å². The first-order valence-electron chi connectivity index (χ1n) is 6.76. The van der Waals surface area contributed by atoms with Crippen LogP contribution in [0.1, 0.15) is 48.8 Å². The van der Waals surface area contributed by atoms with Gasteiger partial charge in [0.15, 0.2) is 0 Å². The summed E-state index contributed by atoms with van der Waals surface area (Å²) in [7, 11) is 0. The van der Waals surface area contributed by atoms with Crippen molar-refractivity contribution in [1.29, 1.82) is 0 Å². The Hall–Kier alpha value is -1.98. The quantitative estimate of drug-likeness (QED) is 0.874. The van der Waals surface area contributed by atoms with Crippen molar-refractivity contribution in [3.05, 3.63) is 23.8 Å². The lowest BCUT2D eigenvalue weighted by Gasteiger charge is -2.38. The first-order valence-corrected chi connectivity index (χ1v) is 6.76. The highest BCUT2D eigenvalue weighted by Crippen LogP contribution is 2.36. The van der Waals surface area contributed by atoms with Gasteiger partial charge in [-0.2, -0.15) is 0 Å². The largest absolute Gasteiger partial charge is 0.481 e. The van der Waals surface area contributed by atoms with Crippen molar-refractivity contribution in [3.63, 3.8) is 0 Å². The Kier molecular flexibility index (Phi) is 4.01. The van der Waals surface area contributed by atoms with E-state index in [0.29, 0.717) is 12.8 Å². The summed E-state index contributed by atoms with van der Waals surface area (Å²) in [5.74, 6) is -1.23. The van der Waals surface area contributed by atoms with Crippen molar-refractivity contribution in [1.82, 2.24) is 15.3 Å². The number of aryl methyl sites for hydroxylation is 1.